The molecule has 0 fully saturated rings. The average Bonchev–Trinajstić information content (AvgIpc) is 2.94. The van der Waals surface area contributed by atoms with Crippen molar-refractivity contribution < 1.29 is 19.0 Å². The lowest BCUT2D eigenvalue weighted by Crippen LogP contribution is -2.24. The molecule has 30 heavy (non-hydrogen) atoms. The molecular weight excluding hydrogens is 401 g/mol. The number of hydrogen-bond acceptors (Lipinski definition) is 5. The first-order valence-electron chi connectivity index (χ1n) is 9.79. The van der Waals surface area contributed by atoms with Crippen molar-refractivity contribution in [3.8, 4) is 17.2 Å². The molecule has 0 radical (unpaired) electrons. The molecule has 1 aliphatic rings. The summed E-state index contributed by atoms with van der Waals surface area (Å²) in [6, 6.07) is 18.8. The summed E-state index contributed by atoms with van der Waals surface area (Å²) in [7, 11) is 3.06. The fourth-order valence-electron chi connectivity index (χ4n) is 3.79. The predicted molar refractivity (Wildman–Crippen MR) is 118 cm³/mol. The van der Waals surface area contributed by atoms with Gasteiger partial charge >= 0.3 is 0 Å². The van der Waals surface area contributed by atoms with E-state index in [1.165, 1.54) is 25.2 Å². The largest absolute Gasteiger partial charge is 0.502 e. The molecule has 0 saturated carbocycles. The molecule has 4 rings (SSSR count). The molecule has 4 nitrogen and oxygen atoms in total. The topological polar surface area (TPSA) is 41.9 Å². The number of hydrogen-bond donors (Lipinski definition) is 1. The van der Waals surface area contributed by atoms with Gasteiger partial charge in [-0.3, -0.25) is 0 Å². The quantitative estimate of drug-likeness (QED) is 0.560. The van der Waals surface area contributed by atoms with Gasteiger partial charge in [-0.1, -0.05) is 24.3 Å². The number of ether oxygens (including phenoxy) is 2. The zero-order valence-electron chi connectivity index (χ0n) is 17.0. The lowest BCUT2D eigenvalue weighted by Gasteiger charge is -2.25. The highest BCUT2D eigenvalue weighted by Crippen LogP contribution is 2.46. The van der Waals surface area contributed by atoms with Crippen molar-refractivity contribution in [3.63, 3.8) is 0 Å². The third-order valence-electron chi connectivity index (χ3n) is 5.27. The van der Waals surface area contributed by atoms with Crippen LogP contribution < -0.4 is 14.4 Å². The van der Waals surface area contributed by atoms with Gasteiger partial charge in [-0.2, -0.15) is 0 Å². The van der Waals surface area contributed by atoms with Crippen molar-refractivity contribution in [2.24, 2.45) is 0 Å². The molecule has 3 aromatic rings. The van der Waals surface area contributed by atoms with Crippen LogP contribution in [0.15, 0.2) is 65.6 Å². The van der Waals surface area contributed by atoms with Crippen LogP contribution in [0.1, 0.15) is 22.8 Å². The number of phenolic OH excluding ortho intramolecular Hbond substituents is 1. The number of benzene rings is 3. The Morgan fingerprint density at radius 1 is 1.03 bits per heavy atom. The van der Waals surface area contributed by atoms with Crippen molar-refractivity contribution in [1.29, 1.82) is 0 Å². The Bertz CT molecular complexity index is 1020. The number of phenols is 1. The Morgan fingerprint density at radius 2 is 1.77 bits per heavy atom. The maximum Gasteiger partial charge on any atom is 0.200 e. The number of rotatable bonds is 5. The number of halogens is 1. The van der Waals surface area contributed by atoms with Gasteiger partial charge in [0.1, 0.15) is 5.82 Å². The molecule has 0 spiro atoms. The second-order valence-corrected chi connectivity index (χ2v) is 8.43. The standard InChI is InChI=1S/C24H24FNO3S/c1-28-20-12-16(13-21(29-2)24(20)27)15-26-11-10-22(17-6-5-7-18(25)14-17)30-23-9-4-3-8-19(23)26/h3-9,12-14,22,27H,10-11,15H2,1-2H3/t22-/m1/s1. The molecular formula is C24H24FNO3S. The minimum atomic E-state index is -0.203. The number of para-hydroxylation sites is 1. The summed E-state index contributed by atoms with van der Waals surface area (Å²) in [4.78, 5) is 3.48. The van der Waals surface area contributed by atoms with E-state index >= 15 is 0 Å². The first kappa shape index (κ1) is 20.4. The molecule has 0 bridgehead atoms. The van der Waals surface area contributed by atoms with Crippen LogP contribution in [0.25, 0.3) is 0 Å². The van der Waals surface area contributed by atoms with Gasteiger partial charge in [0.2, 0.25) is 5.75 Å². The van der Waals surface area contributed by atoms with Gasteiger partial charge < -0.3 is 19.5 Å². The Hall–Kier alpha value is -2.86. The van der Waals surface area contributed by atoms with Crippen molar-refractivity contribution in [2.75, 3.05) is 25.7 Å². The van der Waals surface area contributed by atoms with E-state index in [0.717, 1.165) is 29.8 Å². The van der Waals surface area contributed by atoms with Gasteiger partial charge in [0.05, 0.1) is 19.9 Å². The average molecular weight is 426 g/mol. The number of fused-ring (bicyclic) bond motifs is 1. The minimum absolute atomic E-state index is 0.00161. The fourth-order valence-corrected chi connectivity index (χ4v) is 5.08. The second kappa shape index (κ2) is 8.88. The van der Waals surface area contributed by atoms with Gasteiger partial charge in [0.25, 0.3) is 0 Å². The van der Waals surface area contributed by atoms with E-state index < -0.39 is 0 Å². The predicted octanol–water partition coefficient (Wildman–Crippen LogP) is 5.79. The summed E-state index contributed by atoms with van der Waals surface area (Å²) in [6.45, 7) is 1.46. The van der Waals surface area contributed by atoms with Gasteiger partial charge in [-0.15, -0.1) is 11.8 Å². The first-order chi connectivity index (χ1) is 14.6. The number of aromatic hydroxyl groups is 1. The Labute approximate surface area is 180 Å². The fraction of sp³-hybridized carbons (Fsp3) is 0.250. The third-order valence-corrected chi connectivity index (χ3v) is 6.66. The Kier molecular flexibility index (Phi) is 6.04. The second-order valence-electron chi connectivity index (χ2n) is 7.19. The Balaban J connectivity index is 1.65. The molecule has 1 atom stereocenters. The summed E-state index contributed by atoms with van der Waals surface area (Å²) < 4.78 is 24.4. The number of anilines is 1. The summed E-state index contributed by atoms with van der Waals surface area (Å²) in [5.74, 6) is 0.575. The van der Waals surface area contributed by atoms with Crippen LogP contribution in [-0.2, 0) is 6.54 Å². The molecule has 6 heteroatoms. The third kappa shape index (κ3) is 4.19. The number of methoxy groups -OCH3 is 2. The summed E-state index contributed by atoms with van der Waals surface area (Å²) in [5, 5.41) is 10.4. The molecule has 0 amide bonds. The highest BCUT2D eigenvalue weighted by Gasteiger charge is 2.24. The van der Waals surface area contributed by atoms with E-state index in [1.807, 2.05) is 30.3 Å². The lowest BCUT2D eigenvalue weighted by molar-refractivity contribution is 0.339. The molecule has 0 saturated heterocycles. The van der Waals surface area contributed by atoms with Gasteiger partial charge in [-0.25, -0.2) is 4.39 Å². The smallest absolute Gasteiger partial charge is 0.200 e. The summed E-state index contributed by atoms with van der Waals surface area (Å²) in [6.07, 6.45) is 0.884. The number of thioether (sulfide) groups is 1. The first-order valence-corrected chi connectivity index (χ1v) is 10.7. The molecule has 1 heterocycles. The van der Waals surface area contributed by atoms with E-state index in [1.54, 1.807) is 23.9 Å². The van der Waals surface area contributed by atoms with E-state index in [0.29, 0.717) is 18.0 Å². The van der Waals surface area contributed by atoms with E-state index in [4.69, 9.17) is 9.47 Å². The van der Waals surface area contributed by atoms with E-state index in [2.05, 4.69) is 17.0 Å². The SMILES string of the molecule is COc1cc(CN2CC[C@H](c3cccc(F)c3)Sc3ccccc32)cc(OC)c1O. The zero-order chi connectivity index (χ0) is 21.1. The molecule has 156 valence electrons. The summed E-state index contributed by atoms with van der Waals surface area (Å²) >= 11 is 1.77. The molecule has 0 unspecified atom stereocenters. The van der Waals surface area contributed by atoms with Crippen LogP contribution in [0.4, 0.5) is 10.1 Å². The maximum atomic E-state index is 13.8. The van der Waals surface area contributed by atoms with E-state index in [9.17, 15) is 9.50 Å². The van der Waals surface area contributed by atoms with Crippen LogP contribution >= 0.6 is 11.8 Å². The molecule has 0 aliphatic carbocycles. The van der Waals surface area contributed by atoms with Crippen LogP contribution in [0.5, 0.6) is 17.2 Å². The zero-order valence-corrected chi connectivity index (χ0v) is 17.8. The van der Waals surface area contributed by atoms with Crippen LogP contribution in [0, 0.1) is 5.82 Å². The van der Waals surface area contributed by atoms with Gasteiger partial charge in [0.15, 0.2) is 11.5 Å². The van der Waals surface area contributed by atoms with Crippen LogP contribution in [-0.4, -0.2) is 25.9 Å². The molecule has 0 aromatic heterocycles. The Morgan fingerprint density at radius 3 is 2.47 bits per heavy atom. The summed E-state index contributed by atoms with van der Waals surface area (Å²) in [5.41, 5.74) is 3.13. The highest BCUT2D eigenvalue weighted by molar-refractivity contribution is 7.99. The molecule has 1 aliphatic heterocycles. The van der Waals surface area contributed by atoms with Crippen molar-refractivity contribution in [3.05, 3.63) is 77.6 Å². The van der Waals surface area contributed by atoms with Crippen molar-refractivity contribution in [1.82, 2.24) is 0 Å². The number of nitrogens with zero attached hydrogens (tertiary/aromatic N) is 1. The maximum absolute atomic E-state index is 13.8. The lowest BCUT2D eigenvalue weighted by atomic mass is 10.1. The van der Waals surface area contributed by atoms with Crippen LogP contribution in [0.2, 0.25) is 0 Å². The minimum Gasteiger partial charge on any atom is -0.502 e. The molecule has 1 N–H and O–H groups in total. The van der Waals surface area contributed by atoms with Gasteiger partial charge in [-0.05, 0) is 53.9 Å². The van der Waals surface area contributed by atoms with Crippen LogP contribution in [0.3, 0.4) is 0 Å². The molecule has 3 aromatic carbocycles. The van der Waals surface area contributed by atoms with E-state index in [-0.39, 0.29) is 16.8 Å². The normalized spacial score (nSPS) is 16.0. The highest BCUT2D eigenvalue weighted by atomic mass is 32.2. The van der Waals surface area contributed by atoms with Crippen molar-refractivity contribution in [2.45, 2.75) is 23.1 Å². The monoisotopic (exact) mass is 425 g/mol. The van der Waals surface area contributed by atoms with Crippen molar-refractivity contribution >= 4 is 17.4 Å². The van der Waals surface area contributed by atoms with Gasteiger partial charge in [0, 0.05) is 23.2 Å².